The van der Waals surface area contributed by atoms with Gasteiger partial charge >= 0.3 is 5.97 Å². The highest BCUT2D eigenvalue weighted by Gasteiger charge is 2.28. The minimum Gasteiger partial charge on any atom is -0.504 e. The molecule has 0 atom stereocenters. The summed E-state index contributed by atoms with van der Waals surface area (Å²) in [6.45, 7) is 0. The van der Waals surface area contributed by atoms with Gasteiger partial charge in [-0.15, -0.1) is 11.3 Å². The molecule has 0 aliphatic carbocycles. The van der Waals surface area contributed by atoms with E-state index in [0.717, 1.165) is 10.1 Å². The van der Waals surface area contributed by atoms with E-state index in [4.69, 9.17) is 32.7 Å². The molecular formula is C19H11Cl2NO4S. The van der Waals surface area contributed by atoms with E-state index < -0.39 is 5.97 Å². The zero-order chi connectivity index (χ0) is 19.1. The number of benzene rings is 2. The maximum atomic E-state index is 12.2. The Morgan fingerprint density at radius 1 is 1.22 bits per heavy atom. The second-order valence-corrected chi connectivity index (χ2v) is 7.52. The zero-order valence-electron chi connectivity index (χ0n) is 13.8. The predicted molar refractivity (Wildman–Crippen MR) is 107 cm³/mol. The lowest BCUT2D eigenvalue weighted by molar-refractivity contribution is -0.129. The van der Waals surface area contributed by atoms with Crippen molar-refractivity contribution in [2.75, 3.05) is 7.11 Å². The molecular weight excluding hydrogens is 409 g/mol. The van der Waals surface area contributed by atoms with Crippen LogP contribution in [-0.2, 0) is 9.53 Å². The van der Waals surface area contributed by atoms with Gasteiger partial charge in [-0.2, -0.15) is 0 Å². The topological polar surface area (TPSA) is 68.1 Å². The van der Waals surface area contributed by atoms with Crippen LogP contribution in [0.4, 0.5) is 0 Å². The standard InChI is InChI=1S/C19H11Cl2NO4S/c1-25-14-5-2-9(7-13(14)23)6-12-19(24)26-18(22-12)17-16(21)11-4-3-10(20)8-15(11)27-17/h2-8,23H,1H3/b12-6+. The number of hydrogen-bond acceptors (Lipinski definition) is 6. The second-order valence-electron chi connectivity index (χ2n) is 5.65. The fourth-order valence-electron chi connectivity index (χ4n) is 2.64. The van der Waals surface area contributed by atoms with Gasteiger partial charge in [0.1, 0.15) is 4.88 Å². The van der Waals surface area contributed by atoms with Gasteiger partial charge < -0.3 is 14.6 Å². The van der Waals surface area contributed by atoms with Crippen molar-refractivity contribution < 1.29 is 19.4 Å². The molecule has 0 fully saturated rings. The van der Waals surface area contributed by atoms with Crippen molar-refractivity contribution in [1.82, 2.24) is 0 Å². The number of cyclic esters (lactones) is 1. The lowest BCUT2D eigenvalue weighted by atomic mass is 10.1. The first-order valence-corrected chi connectivity index (χ1v) is 9.31. The molecule has 1 aliphatic heterocycles. The normalized spacial score (nSPS) is 15.3. The van der Waals surface area contributed by atoms with Crippen molar-refractivity contribution in [2.45, 2.75) is 0 Å². The molecule has 0 saturated heterocycles. The summed E-state index contributed by atoms with van der Waals surface area (Å²) >= 11 is 13.8. The van der Waals surface area contributed by atoms with Crippen LogP contribution < -0.4 is 4.74 Å². The number of carbonyl (C=O) groups excluding carboxylic acids is 1. The van der Waals surface area contributed by atoms with Crippen molar-refractivity contribution in [3.63, 3.8) is 0 Å². The summed E-state index contributed by atoms with van der Waals surface area (Å²) in [6.07, 6.45) is 1.52. The first-order valence-electron chi connectivity index (χ1n) is 7.74. The van der Waals surface area contributed by atoms with E-state index in [1.165, 1.54) is 30.6 Å². The molecule has 8 heteroatoms. The van der Waals surface area contributed by atoms with E-state index in [9.17, 15) is 9.90 Å². The zero-order valence-corrected chi connectivity index (χ0v) is 16.2. The van der Waals surface area contributed by atoms with E-state index >= 15 is 0 Å². The molecule has 5 nitrogen and oxygen atoms in total. The summed E-state index contributed by atoms with van der Waals surface area (Å²) in [5, 5.41) is 11.7. The number of phenolic OH excluding ortho intramolecular Hbond substituents is 1. The number of fused-ring (bicyclic) bond motifs is 1. The molecule has 1 aromatic heterocycles. The Morgan fingerprint density at radius 2 is 2.04 bits per heavy atom. The van der Waals surface area contributed by atoms with Crippen LogP contribution in [0.2, 0.25) is 10.0 Å². The molecule has 27 heavy (non-hydrogen) atoms. The predicted octanol–water partition coefficient (Wildman–Crippen LogP) is 5.27. The van der Waals surface area contributed by atoms with Gasteiger partial charge in [0.25, 0.3) is 0 Å². The fraction of sp³-hybridized carbons (Fsp3) is 0.0526. The highest BCUT2D eigenvalue weighted by atomic mass is 35.5. The average Bonchev–Trinajstić information content (AvgIpc) is 3.15. The van der Waals surface area contributed by atoms with E-state index in [-0.39, 0.29) is 17.3 Å². The summed E-state index contributed by atoms with van der Waals surface area (Å²) in [7, 11) is 1.46. The number of ether oxygens (including phenoxy) is 2. The number of esters is 1. The third-order valence-corrected chi connectivity index (χ3v) is 5.79. The lowest BCUT2D eigenvalue weighted by Crippen LogP contribution is -2.04. The average molecular weight is 420 g/mol. The number of methoxy groups -OCH3 is 1. The Morgan fingerprint density at radius 3 is 2.78 bits per heavy atom. The van der Waals surface area contributed by atoms with Crippen molar-refractivity contribution in [3.8, 4) is 11.5 Å². The smallest absolute Gasteiger partial charge is 0.363 e. The molecule has 4 rings (SSSR count). The van der Waals surface area contributed by atoms with Gasteiger partial charge in [0.05, 0.1) is 12.1 Å². The molecule has 3 aromatic rings. The van der Waals surface area contributed by atoms with Gasteiger partial charge in [0, 0.05) is 15.1 Å². The van der Waals surface area contributed by atoms with Gasteiger partial charge in [0.2, 0.25) is 5.90 Å². The molecule has 1 aliphatic rings. The van der Waals surface area contributed by atoms with Crippen LogP contribution in [0.15, 0.2) is 47.1 Å². The number of halogens is 2. The van der Waals surface area contributed by atoms with Gasteiger partial charge in [-0.1, -0.05) is 35.3 Å². The molecule has 1 N–H and O–H groups in total. The summed E-state index contributed by atoms with van der Waals surface area (Å²) in [5.41, 5.74) is 0.695. The van der Waals surface area contributed by atoms with Gasteiger partial charge in [-0.3, -0.25) is 0 Å². The first-order chi connectivity index (χ1) is 13.0. The van der Waals surface area contributed by atoms with Crippen LogP contribution in [0.25, 0.3) is 16.2 Å². The number of rotatable bonds is 3. The fourth-order valence-corrected chi connectivity index (χ4v) is 4.35. The Kier molecular flexibility index (Phi) is 4.55. The van der Waals surface area contributed by atoms with Crippen LogP contribution in [0.3, 0.4) is 0 Å². The van der Waals surface area contributed by atoms with Crippen molar-refractivity contribution >= 4 is 62.6 Å². The minimum absolute atomic E-state index is 0.0353. The van der Waals surface area contributed by atoms with Crippen molar-refractivity contribution in [2.24, 2.45) is 4.99 Å². The number of carbonyl (C=O) groups is 1. The number of phenols is 1. The van der Waals surface area contributed by atoms with Crippen LogP contribution >= 0.6 is 34.5 Å². The third-order valence-electron chi connectivity index (χ3n) is 3.91. The molecule has 0 bridgehead atoms. The quantitative estimate of drug-likeness (QED) is 0.463. The molecule has 0 saturated carbocycles. The Hall–Kier alpha value is -2.54. The van der Waals surface area contributed by atoms with Crippen LogP contribution in [0, 0.1) is 0 Å². The van der Waals surface area contributed by atoms with Crippen LogP contribution in [0.1, 0.15) is 10.4 Å². The van der Waals surface area contributed by atoms with Crippen molar-refractivity contribution in [1.29, 1.82) is 0 Å². The molecule has 0 amide bonds. The maximum Gasteiger partial charge on any atom is 0.363 e. The minimum atomic E-state index is -0.591. The first kappa shape index (κ1) is 17.9. The van der Waals surface area contributed by atoms with E-state index in [1.807, 2.05) is 6.07 Å². The third kappa shape index (κ3) is 3.27. The molecule has 2 heterocycles. The molecule has 0 unspecified atom stereocenters. The highest BCUT2D eigenvalue weighted by molar-refractivity contribution is 7.21. The summed E-state index contributed by atoms with van der Waals surface area (Å²) in [5.74, 6) is -0.143. The number of thiophene rings is 1. The summed E-state index contributed by atoms with van der Waals surface area (Å²) in [4.78, 5) is 17.0. The number of nitrogens with zero attached hydrogens (tertiary/aromatic N) is 1. The van der Waals surface area contributed by atoms with Gasteiger partial charge in [-0.25, -0.2) is 9.79 Å². The van der Waals surface area contributed by atoms with Crippen molar-refractivity contribution in [3.05, 3.63) is 62.6 Å². The summed E-state index contributed by atoms with van der Waals surface area (Å²) < 4.78 is 11.2. The Labute approximate surface area is 168 Å². The number of aliphatic imine (C=N–C) groups is 1. The molecule has 2 aromatic carbocycles. The molecule has 136 valence electrons. The maximum absolute atomic E-state index is 12.2. The lowest BCUT2D eigenvalue weighted by Gasteiger charge is -2.03. The SMILES string of the molecule is COc1ccc(/C=C2/N=C(c3sc4cc(Cl)ccc4c3Cl)OC2=O)cc1O. The largest absolute Gasteiger partial charge is 0.504 e. The monoisotopic (exact) mass is 419 g/mol. The van der Waals surface area contributed by atoms with E-state index in [2.05, 4.69) is 4.99 Å². The van der Waals surface area contributed by atoms with E-state index in [0.29, 0.717) is 26.2 Å². The van der Waals surface area contributed by atoms with Gasteiger partial charge in [0.15, 0.2) is 17.2 Å². The van der Waals surface area contributed by atoms with Crippen LogP contribution in [0.5, 0.6) is 11.5 Å². The van der Waals surface area contributed by atoms with Crippen LogP contribution in [-0.4, -0.2) is 24.1 Å². The number of aromatic hydroxyl groups is 1. The second kappa shape index (κ2) is 6.88. The molecule has 0 spiro atoms. The summed E-state index contributed by atoms with van der Waals surface area (Å²) in [6, 6.07) is 10.1. The van der Waals surface area contributed by atoms with E-state index in [1.54, 1.807) is 24.3 Å². The number of hydrogen-bond donors (Lipinski definition) is 1. The Bertz CT molecular complexity index is 1150. The molecule has 0 radical (unpaired) electrons. The van der Waals surface area contributed by atoms with Gasteiger partial charge in [-0.05, 0) is 35.9 Å². The highest BCUT2D eigenvalue weighted by Crippen LogP contribution is 2.38. The Balaban J connectivity index is 1.73.